The average Bonchev–Trinajstić information content (AvgIpc) is 3.06. The number of rotatable bonds is 13. The van der Waals surface area contributed by atoms with Crippen LogP contribution < -0.4 is 11.1 Å². The highest BCUT2D eigenvalue weighted by atomic mass is 16.2. The van der Waals surface area contributed by atoms with Crippen molar-refractivity contribution in [2.75, 3.05) is 0 Å². The standard InChI is InChI=1S/C18H32N4O2/c1-2-3-4-5-6-7-8-9-10-11-17(23)22-18(24)16(19)12-15-13-20-14-21-15/h13-14,16H,2-12,19H2,1H3,(H,20,21)(H,22,23,24)/t16-/m0/s1. The van der Waals surface area contributed by atoms with Gasteiger partial charge in [-0.05, 0) is 6.42 Å². The third-order valence-electron chi connectivity index (χ3n) is 4.10. The van der Waals surface area contributed by atoms with Gasteiger partial charge in [0.15, 0.2) is 0 Å². The van der Waals surface area contributed by atoms with Crippen LogP contribution in [0.5, 0.6) is 0 Å². The van der Waals surface area contributed by atoms with E-state index in [2.05, 4.69) is 22.2 Å². The van der Waals surface area contributed by atoms with Gasteiger partial charge in [-0.1, -0.05) is 58.3 Å². The summed E-state index contributed by atoms with van der Waals surface area (Å²) in [5.74, 6) is -0.659. The second-order valence-electron chi connectivity index (χ2n) is 6.38. The number of aromatic amines is 1. The van der Waals surface area contributed by atoms with Crippen LogP contribution in [0.2, 0.25) is 0 Å². The molecule has 0 unspecified atom stereocenters. The minimum Gasteiger partial charge on any atom is -0.348 e. The quantitative estimate of drug-likeness (QED) is 0.482. The summed E-state index contributed by atoms with van der Waals surface area (Å²) in [7, 11) is 0. The lowest BCUT2D eigenvalue weighted by Crippen LogP contribution is -2.44. The number of imide groups is 1. The Balaban J connectivity index is 2.01. The zero-order valence-corrected chi connectivity index (χ0v) is 14.9. The number of hydrogen-bond acceptors (Lipinski definition) is 4. The van der Waals surface area contributed by atoms with Crippen LogP contribution in [0, 0.1) is 0 Å². The van der Waals surface area contributed by atoms with E-state index < -0.39 is 11.9 Å². The van der Waals surface area contributed by atoms with Crippen LogP contribution >= 0.6 is 0 Å². The van der Waals surface area contributed by atoms with Crippen molar-refractivity contribution in [3.8, 4) is 0 Å². The maximum Gasteiger partial charge on any atom is 0.243 e. The minimum atomic E-state index is -0.738. The number of imidazole rings is 1. The van der Waals surface area contributed by atoms with Crippen molar-refractivity contribution >= 4 is 11.8 Å². The van der Waals surface area contributed by atoms with E-state index >= 15 is 0 Å². The van der Waals surface area contributed by atoms with Gasteiger partial charge in [-0.15, -0.1) is 0 Å². The topological polar surface area (TPSA) is 101 Å². The molecule has 24 heavy (non-hydrogen) atoms. The van der Waals surface area contributed by atoms with Gasteiger partial charge in [-0.3, -0.25) is 14.9 Å². The Hall–Kier alpha value is -1.69. The van der Waals surface area contributed by atoms with Gasteiger partial charge in [0.25, 0.3) is 0 Å². The molecule has 0 aliphatic carbocycles. The molecule has 1 atom stereocenters. The number of nitrogens with zero attached hydrogens (tertiary/aromatic N) is 1. The molecular weight excluding hydrogens is 304 g/mol. The fraction of sp³-hybridized carbons (Fsp3) is 0.722. The number of amides is 2. The minimum absolute atomic E-state index is 0.233. The van der Waals surface area contributed by atoms with Crippen molar-refractivity contribution in [2.24, 2.45) is 5.73 Å². The Kier molecular flexibility index (Phi) is 10.8. The molecule has 1 rings (SSSR count). The predicted octanol–water partition coefficient (Wildman–Crippen LogP) is 2.84. The molecule has 0 aromatic carbocycles. The van der Waals surface area contributed by atoms with Crippen LogP contribution in [0.3, 0.4) is 0 Å². The maximum atomic E-state index is 11.8. The molecule has 1 aromatic rings. The molecule has 1 aromatic heterocycles. The second kappa shape index (κ2) is 12.7. The first-order valence-electron chi connectivity index (χ1n) is 9.20. The summed E-state index contributed by atoms with van der Waals surface area (Å²) in [5.41, 5.74) is 6.57. The molecular formula is C18H32N4O2. The third-order valence-corrected chi connectivity index (χ3v) is 4.10. The Morgan fingerprint density at radius 1 is 1.12 bits per heavy atom. The zero-order chi connectivity index (χ0) is 17.6. The molecule has 6 nitrogen and oxygen atoms in total. The third kappa shape index (κ3) is 9.45. The summed E-state index contributed by atoms with van der Waals surface area (Å²) in [6, 6.07) is -0.738. The number of carbonyl (C=O) groups is 2. The highest BCUT2D eigenvalue weighted by molar-refractivity contribution is 5.97. The Morgan fingerprint density at radius 2 is 1.75 bits per heavy atom. The van der Waals surface area contributed by atoms with Crippen LogP contribution in [0.15, 0.2) is 12.5 Å². The largest absolute Gasteiger partial charge is 0.348 e. The molecule has 0 spiro atoms. The molecule has 0 fully saturated rings. The van der Waals surface area contributed by atoms with Gasteiger partial charge >= 0.3 is 0 Å². The lowest BCUT2D eigenvalue weighted by Gasteiger charge is -2.10. The van der Waals surface area contributed by atoms with Gasteiger partial charge in [-0.25, -0.2) is 4.98 Å². The van der Waals surface area contributed by atoms with Crippen LogP contribution in [-0.4, -0.2) is 27.8 Å². The molecule has 0 bridgehead atoms. The molecule has 0 aliphatic heterocycles. The smallest absolute Gasteiger partial charge is 0.243 e. The van der Waals surface area contributed by atoms with Gasteiger partial charge < -0.3 is 10.7 Å². The molecule has 6 heteroatoms. The number of nitrogens with one attached hydrogen (secondary N) is 2. The number of carbonyl (C=O) groups excluding carboxylic acids is 2. The Labute approximate surface area is 145 Å². The molecule has 136 valence electrons. The molecule has 2 amide bonds. The number of hydrogen-bond donors (Lipinski definition) is 3. The monoisotopic (exact) mass is 336 g/mol. The van der Waals surface area contributed by atoms with E-state index in [-0.39, 0.29) is 5.91 Å². The highest BCUT2D eigenvalue weighted by Gasteiger charge is 2.17. The molecule has 0 radical (unpaired) electrons. The van der Waals surface area contributed by atoms with Crippen molar-refractivity contribution in [3.63, 3.8) is 0 Å². The summed E-state index contributed by atoms with van der Waals surface area (Å²) in [6.45, 7) is 2.22. The predicted molar refractivity (Wildman–Crippen MR) is 95.3 cm³/mol. The fourth-order valence-electron chi connectivity index (χ4n) is 2.61. The van der Waals surface area contributed by atoms with E-state index in [0.717, 1.165) is 25.0 Å². The van der Waals surface area contributed by atoms with Crippen molar-refractivity contribution in [1.82, 2.24) is 15.3 Å². The second-order valence-corrected chi connectivity index (χ2v) is 6.38. The highest BCUT2D eigenvalue weighted by Crippen LogP contribution is 2.10. The molecule has 0 saturated heterocycles. The Morgan fingerprint density at radius 3 is 2.33 bits per heavy atom. The molecule has 0 aliphatic rings. The van der Waals surface area contributed by atoms with Crippen molar-refractivity contribution in [3.05, 3.63) is 18.2 Å². The van der Waals surface area contributed by atoms with Gasteiger partial charge in [-0.2, -0.15) is 0 Å². The first-order chi connectivity index (χ1) is 11.6. The number of unbranched alkanes of at least 4 members (excludes halogenated alkanes) is 8. The van der Waals surface area contributed by atoms with Gasteiger partial charge in [0.1, 0.15) is 0 Å². The van der Waals surface area contributed by atoms with E-state index in [9.17, 15) is 9.59 Å². The van der Waals surface area contributed by atoms with Crippen molar-refractivity contribution in [1.29, 1.82) is 0 Å². The summed E-state index contributed by atoms with van der Waals surface area (Å²) >= 11 is 0. The van der Waals surface area contributed by atoms with Crippen molar-refractivity contribution in [2.45, 2.75) is 83.6 Å². The first kappa shape index (κ1) is 20.4. The van der Waals surface area contributed by atoms with Crippen LogP contribution in [0.1, 0.15) is 76.8 Å². The zero-order valence-electron chi connectivity index (χ0n) is 14.9. The Bertz CT molecular complexity index is 460. The van der Waals surface area contributed by atoms with Gasteiger partial charge in [0.05, 0.1) is 12.4 Å². The van der Waals surface area contributed by atoms with Gasteiger partial charge in [0.2, 0.25) is 11.8 Å². The maximum absolute atomic E-state index is 11.8. The average molecular weight is 336 g/mol. The first-order valence-corrected chi connectivity index (χ1v) is 9.20. The van der Waals surface area contributed by atoms with E-state index in [1.807, 2.05) is 0 Å². The summed E-state index contributed by atoms with van der Waals surface area (Å²) in [4.78, 5) is 30.4. The SMILES string of the molecule is CCCCCCCCCCCC(=O)NC(=O)[C@@H](N)Cc1cnc[nH]1. The van der Waals surface area contributed by atoms with E-state index in [0.29, 0.717) is 12.8 Å². The van der Waals surface area contributed by atoms with Crippen LogP contribution in [-0.2, 0) is 16.0 Å². The number of nitrogens with two attached hydrogens (primary N) is 1. The molecule has 1 heterocycles. The fourth-order valence-corrected chi connectivity index (χ4v) is 2.61. The normalized spacial score (nSPS) is 12.1. The van der Waals surface area contributed by atoms with E-state index in [4.69, 9.17) is 5.73 Å². The summed E-state index contributed by atoms with van der Waals surface area (Å²) in [6.07, 6.45) is 14.7. The van der Waals surface area contributed by atoms with Crippen LogP contribution in [0.4, 0.5) is 0 Å². The number of aromatic nitrogens is 2. The van der Waals surface area contributed by atoms with E-state index in [1.54, 1.807) is 6.20 Å². The van der Waals surface area contributed by atoms with Crippen molar-refractivity contribution < 1.29 is 9.59 Å². The summed E-state index contributed by atoms with van der Waals surface area (Å²) in [5, 5.41) is 2.38. The van der Waals surface area contributed by atoms with Crippen LogP contribution in [0.25, 0.3) is 0 Å². The number of H-pyrrole nitrogens is 1. The molecule has 4 N–H and O–H groups in total. The van der Waals surface area contributed by atoms with E-state index in [1.165, 1.54) is 44.9 Å². The lowest BCUT2D eigenvalue weighted by molar-refractivity contribution is -0.131. The van der Waals surface area contributed by atoms with Gasteiger partial charge in [0, 0.05) is 24.7 Å². The lowest BCUT2D eigenvalue weighted by atomic mass is 10.1. The molecule has 0 saturated carbocycles. The summed E-state index contributed by atoms with van der Waals surface area (Å²) < 4.78 is 0.